The predicted octanol–water partition coefficient (Wildman–Crippen LogP) is 6.27. The minimum Gasteiger partial charge on any atom is -0.490 e. The summed E-state index contributed by atoms with van der Waals surface area (Å²) in [7, 11) is 0. The lowest BCUT2D eigenvalue weighted by molar-refractivity contribution is 0.169. The lowest BCUT2D eigenvalue weighted by Gasteiger charge is -2.08. The molecule has 140 valence electrons. The van der Waals surface area contributed by atoms with Crippen molar-refractivity contribution in [1.82, 2.24) is 0 Å². The Bertz CT molecular complexity index is 901. The van der Waals surface area contributed by atoms with Crippen molar-refractivity contribution in [3.63, 3.8) is 0 Å². The molecular weight excluding hydrogens is 338 g/mol. The molecule has 3 aromatic rings. The van der Waals surface area contributed by atoms with Gasteiger partial charge in [-0.05, 0) is 31.0 Å². The monoisotopic (exact) mass is 362 g/mol. The van der Waals surface area contributed by atoms with Crippen LogP contribution in [-0.2, 0) is 0 Å². The maximum absolute atomic E-state index is 14.7. The van der Waals surface area contributed by atoms with Crippen molar-refractivity contribution in [2.45, 2.75) is 52.1 Å². The maximum atomic E-state index is 14.7. The van der Waals surface area contributed by atoms with Gasteiger partial charge in [-0.15, -0.1) is 0 Å². The zero-order valence-corrected chi connectivity index (χ0v) is 15.1. The maximum Gasteiger partial charge on any atom is 0.208 e. The van der Waals surface area contributed by atoms with Crippen LogP contribution in [-0.4, -0.2) is 11.7 Å². The van der Waals surface area contributed by atoms with Crippen molar-refractivity contribution in [2.75, 3.05) is 6.61 Å². The third-order valence-corrected chi connectivity index (χ3v) is 4.68. The molecule has 0 aliphatic rings. The van der Waals surface area contributed by atoms with Crippen LogP contribution in [0.3, 0.4) is 0 Å². The molecule has 0 aliphatic heterocycles. The van der Waals surface area contributed by atoms with Gasteiger partial charge in [-0.2, -0.15) is 4.39 Å². The average molecular weight is 362 g/mol. The van der Waals surface area contributed by atoms with Crippen molar-refractivity contribution in [3.8, 4) is 5.75 Å². The third kappa shape index (κ3) is 3.40. The van der Waals surface area contributed by atoms with Gasteiger partial charge in [0.1, 0.15) is 0 Å². The number of fused-ring (bicyclic) bond motifs is 3. The summed E-state index contributed by atoms with van der Waals surface area (Å²) in [4.78, 5) is 0. The fourth-order valence-corrected chi connectivity index (χ4v) is 3.13. The molecule has 3 rings (SSSR count). The zero-order valence-electron chi connectivity index (χ0n) is 15.1. The van der Waals surface area contributed by atoms with Crippen LogP contribution in [0.25, 0.3) is 21.9 Å². The Balaban J connectivity index is 1.95. The molecule has 0 saturated heterocycles. The molecule has 0 unspecified atom stereocenters. The van der Waals surface area contributed by atoms with Gasteiger partial charge in [0.05, 0.1) is 12.7 Å². The van der Waals surface area contributed by atoms with Gasteiger partial charge in [0.15, 0.2) is 22.7 Å². The van der Waals surface area contributed by atoms with Gasteiger partial charge in [0.25, 0.3) is 0 Å². The van der Waals surface area contributed by atoms with E-state index in [1.54, 1.807) is 25.1 Å². The molecule has 0 amide bonds. The third-order valence-electron chi connectivity index (χ3n) is 4.68. The number of aliphatic hydroxyl groups excluding tert-OH is 1. The van der Waals surface area contributed by atoms with Gasteiger partial charge in [0, 0.05) is 16.3 Å². The molecule has 0 radical (unpaired) electrons. The first kappa shape index (κ1) is 18.6. The summed E-state index contributed by atoms with van der Waals surface area (Å²) in [6.07, 6.45) is 3.61. The van der Waals surface area contributed by atoms with E-state index in [1.807, 2.05) is 0 Å². The highest BCUT2D eigenvalue weighted by molar-refractivity contribution is 6.05. The van der Waals surface area contributed by atoms with E-state index in [4.69, 9.17) is 9.15 Å². The number of halogens is 2. The SMILES string of the molecule is CCCCCCOc1ccc2c(oc3c(F)c([C@@H](O)CC)ccc32)c1F. The molecule has 3 nitrogen and oxygen atoms in total. The quantitative estimate of drug-likeness (QED) is 0.480. The molecule has 0 aliphatic carbocycles. The van der Waals surface area contributed by atoms with E-state index in [1.165, 1.54) is 6.07 Å². The summed E-state index contributed by atoms with van der Waals surface area (Å²) >= 11 is 0. The highest BCUT2D eigenvalue weighted by Crippen LogP contribution is 2.37. The number of hydrogen-bond donors (Lipinski definition) is 1. The van der Waals surface area contributed by atoms with E-state index in [0.717, 1.165) is 25.7 Å². The molecule has 5 heteroatoms. The van der Waals surface area contributed by atoms with Crippen molar-refractivity contribution in [3.05, 3.63) is 41.5 Å². The topological polar surface area (TPSA) is 42.6 Å². The number of unbranched alkanes of at least 4 members (excludes halogenated alkanes) is 3. The van der Waals surface area contributed by atoms with Crippen molar-refractivity contribution in [2.24, 2.45) is 0 Å². The van der Waals surface area contributed by atoms with Crippen LogP contribution in [0.5, 0.6) is 5.75 Å². The second kappa shape index (κ2) is 8.04. The first-order valence-corrected chi connectivity index (χ1v) is 9.22. The van der Waals surface area contributed by atoms with Crippen LogP contribution in [0.4, 0.5) is 8.78 Å². The smallest absolute Gasteiger partial charge is 0.208 e. The van der Waals surface area contributed by atoms with Crippen molar-refractivity contribution >= 4 is 21.9 Å². The largest absolute Gasteiger partial charge is 0.490 e. The van der Waals surface area contributed by atoms with E-state index in [-0.39, 0.29) is 22.5 Å². The van der Waals surface area contributed by atoms with Gasteiger partial charge in [-0.1, -0.05) is 39.2 Å². The highest BCUT2D eigenvalue weighted by atomic mass is 19.1. The number of benzene rings is 2. The van der Waals surface area contributed by atoms with Crippen LogP contribution in [0.15, 0.2) is 28.7 Å². The lowest BCUT2D eigenvalue weighted by atomic mass is 10.0. The number of rotatable bonds is 8. The van der Waals surface area contributed by atoms with Gasteiger partial charge in [-0.3, -0.25) is 0 Å². The molecule has 0 spiro atoms. The first-order chi connectivity index (χ1) is 12.6. The van der Waals surface area contributed by atoms with E-state index in [0.29, 0.717) is 23.8 Å². The molecule has 0 saturated carbocycles. The van der Waals surface area contributed by atoms with Crippen LogP contribution in [0, 0.1) is 11.6 Å². The van der Waals surface area contributed by atoms with Crippen LogP contribution in [0.2, 0.25) is 0 Å². The molecule has 2 aromatic carbocycles. The zero-order chi connectivity index (χ0) is 18.7. The molecule has 0 fully saturated rings. The van der Waals surface area contributed by atoms with E-state index in [9.17, 15) is 13.9 Å². The Morgan fingerprint density at radius 1 is 0.962 bits per heavy atom. The number of hydrogen-bond acceptors (Lipinski definition) is 3. The molecule has 0 bridgehead atoms. The van der Waals surface area contributed by atoms with Crippen molar-refractivity contribution < 1.29 is 23.0 Å². The fourth-order valence-electron chi connectivity index (χ4n) is 3.13. The number of ether oxygens (including phenoxy) is 1. The van der Waals surface area contributed by atoms with E-state index in [2.05, 4.69) is 6.92 Å². The van der Waals surface area contributed by atoms with E-state index >= 15 is 0 Å². The average Bonchev–Trinajstić information content (AvgIpc) is 3.03. The Labute approximate surface area is 151 Å². The summed E-state index contributed by atoms with van der Waals surface area (Å²) < 4.78 is 40.5. The van der Waals surface area contributed by atoms with Crippen LogP contribution in [0.1, 0.15) is 57.6 Å². The normalized spacial score (nSPS) is 12.8. The standard InChI is InChI=1S/C21H24F2O3/c1-3-5-6-7-12-25-17-11-10-14-13-8-9-15(16(24)4-2)18(22)20(13)26-21(14)19(17)23/h8-11,16,24H,3-7,12H2,1-2H3/t16-/m0/s1. The Kier molecular flexibility index (Phi) is 5.77. The Hall–Kier alpha value is -2.14. The Morgan fingerprint density at radius 2 is 1.65 bits per heavy atom. The highest BCUT2D eigenvalue weighted by Gasteiger charge is 2.21. The minimum atomic E-state index is -0.917. The van der Waals surface area contributed by atoms with Gasteiger partial charge >= 0.3 is 0 Å². The molecule has 1 aromatic heterocycles. The summed E-state index contributed by atoms with van der Waals surface area (Å²) in [5.74, 6) is -1.15. The first-order valence-electron chi connectivity index (χ1n) is 9.22. The molecule has 1 heterocycles. The number of furan rings is 1. The summed E-state index contributed by atoms with van der Waals surface area (Å²) in [5, 5.41) is 10.9. The van der Waals surface area contributed by atoms with Crippen LogP contribution < -0.4 is 4.74 Å². The van der Waals surface area contributed by atoms with Crippen LogP contribution >= 0.6 is 0 Å². The summed E-state index contributed by atoms with van der Waals surface area (Å²) in [5.41, 5.74) is 0.101. The van der Waals surface area contributed by atoms with Crippen molar-refractivity contribution in [1.29, 1.82) is 0 Å². The summed E-state index contributed by atoms with van der Waals surface area (Å²) in [6.45, 7) is 4.32. The molecule has 26 heavy (non-hydrogen) atoms. The predicted molar refractivity (Wildman–Crippen MR) is 98.5 cm³/mol. The second-order valence-corrected chi connectivity index (χ2v) is 6.54. The van der Waals surface area contributed by atoms with E-state index < -0.39 is 17.7 Å². The number of aliphatic hydroxyl groups is 1. The minimum absolute atomic E-state index is 0.0203. The Morgan fingerprint density at radius 3 is 2.35 bits per heavy atom. The molecular formula is C21H24F2O3. The van der Waals surface area contributed by atoms with Gasteiger partial charge in [-0.25, -0.2) is 4.39 Å². The fraction of sp³-hybridized carbons (Fsp3) is 0.429. The lowest BCUT2D eigenvalue weighted by Crippen LogP contribution is -1.99. The summed E-state index contributed by atoms with van der Waals surface area (Å²) in [6, 6.07) is 6.42. The van der Waals surface area contributed by atoms with Gasteiger partial charge < -0.3 is 14.3 Å². The van der Waals surface area contributed by atoms with Gasteiger partial charge in [0.2, 0.25) is 5.82 Å². The molecule has 1 atom stereocenters. The molecule has 1 N–H and O–H groups in total. The second-order valence-electron chi connectivity index (χ2n) is 6.54.